The van der Waals surface area contributed by atoms with E-state index < -0.39 is 29.7 Å². The first-order valence-corrected chi connectivity index (χ1v) is 19.0. The van der Waals surface area contributed by atoms with Gasteiger partial charge in [-0.3, -0.25) is 14.4 Å². The SMILES string of the molecule is CCCCCCCC/C=C\CCCCCCCC(=O)N[C@H]1C[C@@H](C(=O)NCCN(C)C)N(C(=O)C(Cc2cnc[nH]2)NC(=O)OC(C)(C)C)C1. The van der Waals surface area contributed by atoms with Crippen LogP contribution in [0.25, 0.3) is 0 Å². The summed E-state index contributed by atoms with van der Waals surface area (Å²) in [6.07, 6.45) is 23.4. The summed E-state index contributed by atoms with van der Waals surface area (Å²) in [5, 5.41) is 8.71. The third-order valence-electron chi connectivity index (χ3n) is 8.74. The molecule has 0 saturated carbocycles. The number of H-pyrrole nitrogens is 1. The summed E-state index contributed by atoms with van der Waals surface area (Å²) >= 11 is 0. The number of likely N-dealkylation sites (N-methyl/N-ethyl adjacent to an activating group) is 1. The molecule has 1 aliphatic heterocycles. The maximum atomic E-state index is 14.0. The molecule has 3 atom stereocenters. The maximum Gasteiger partial charge on any atom is 0.408 e. The molecule has 12 heteroatoms. The molecule has 12 nitrogen and oxygen atoms in total. The number of aromatic amines is 1. The van der Waals surface area contributed by atoms with Gasteiger partial charge in [0.2, 0.25) is 17.7 Å². The van der Waals surface area contributed by atoms with Gasteiger partial charge in [-0.2, -0.15) is 0 Å². The number of allylic oxidation sites excluding steroid dienone is 2. The molecule has 2 heterocycles. The van der Waals surface area contributed by atoms with E-state index in [2.05, 4.69) is 45.0 Å². The Morgan fingerprint density at radius 2 is 1.64 bits per heavy atom. The molecule has 1 unspecified atom stereocenters. The van der Waals surface area contributed by atoms with E-state index in [1.165, 1.54) is 62.6 Å². The van der Waals surface area contributed by atoms with Crippen LogP contribution >= 0.6 is 0 Å². The van der Waals surface area contributed by atoms with Crippen LogP contribution in [0.15, 0.2) is 24.7 Å². The summed E-state index contributed by atoms with van der Waals surface area (Å²) in [4.78, 5) is 63.6. The lowest BCUT2D eigenvalue weighted by atomic mass is 10.1. The van der Waals surface area contributed by atoms with Gasteiger partial charge in [0.05, 0.1) is 6.33 Å². The summed E-state index contributed by atoms with van der Waals surface area (Å²) in [5.74, 6) is -0.784. The Bertz CT molecular complexity index is 1150. The zero-order chi connectivity index (χ0) is 36.8. The number of rotatable bonds is 24. The number of unbranched alkanes of at least 4 members (excludes halogenated alkanes) is 11. The number of alkyl carbamates (subject to hydrolysis) is 1. The Labute approximate surface area is 301 Å². The lowest BCUT2D eigenvalue weighted by Gasteiger charge is -2.29. The fraction of sp³-hybridized carbons (Fsp3) is 0.763. The molecule has 0 aromatic carbocycles. The van der Waals surface area contributed by atoms with Crippen LogP contribution in [0, 0.1) is 0 Å². The molecule has 0 bridgehead atoms. The number of nitrogens with zero attached hydrogens (tertiary/aromatic N) is 3. The highest BCUT2D eigenvalue weighted by Crippen LogP contribution is 2.21. The number of amides is 4. The van der Waals surface area contributed by atoms with Crippen molar-refractivity contribution in [2.75, 3.05) is 33.7 Å². The van der Waals surface area contributed by atoms with E-state index in [1.807, 2.05) is 19.0 Å². The van der Waals surface area contributed by atoms with Crippen molar-refractivity contribution in [1.82, 2.24) is 35.7 Å². The van der Waals surface area contributed by atoms with Crippen LogP contribution < -0.4 is 16.0 Å². The van der Waals surface area contributed by atoms with Gasteiger partial charge in [-0.25, -0.2) is 9.78 Å². The summed E-state index contributed by atoms with van der Waals surface area (Å²) in [6.45, 7) is 8.72. The second kappa shape index (κ2) is 23.9. The number of nitrogens with one attached hydrogen (secondary N) is 4. The topological polar surface area (TPSA) is 149 Å². The van der Waals surface area contributed by atoms with Crippen molar-refractivity contribution in [1.29, 1.82) is 0 Å². The Hall–Kier alpha value is -3.41. The van der Waals surface area contributed by atoms with Crippen molar-refractivity contribution >= 4 is 23.8 Å². The second-order valence-electron chi connectivity index (χ2n) is 14.9. The number of carbonyl (C=O) groups is 4. The minimum absolute atomic E-state index is 0.0745. The Morgan fingerprint density at radius 3 is 2.24 bits per heavy atom. The van der Waals surface area contributed by atoms with E-state index in [-0.39, 0.29) is 30.8 Å². The van der Waals surface area contributed by atoms with Crippen LogP contribution in [0.3, 0.4) is 0 Å². The van der Waals surface area contributed by atoms with E-state index in [0.29, 0.717) is 31.6 Å². The number of aromatic nitrogens is 2. The highest BCUT2D eigenvalue weighted by atomic mass is 16.6. The van der Waals surface area contributed by atoms with E-state index in [9.17, 15) is 19.2 Å². The average Bonchev–Trinajstić information content (AvgIpc) is 3.71. The summed E-state index contributed by atoms with van der Waals surface area (Å²) in [7, 11) is 3.84. The monoisotopic (exact) mass is 702 g/mol. The van der Waals surface area contributed by atoms with Gasteiger partial charge >= 0.3 is 6.09 Å². The largest absolute Gasteiger partial charge is 0.444 e. The van der Waals surface area contributed by atoms with Gasteiger partial charge in [0.25, 0.3) is 0 Å². The maximum absolute atomic E-state index is 14.0. The molecule has 0 radical (unpaired) electrons. The molecule has 1 aromatic heterocycles. The predicted molar refractivity (Wildman–Crippen MR) is 199 cm³/mol. The second-order valence-corrected chi connectivity index (χ2v) is 14.9. The fourth-order valence-corrected chi connectivity index (χ4v) is 6.08. The van der Waals surface area contributed by atoms with Gasteiger partial charge in [0.1, 0.15) is 17.7 Å². The summed E-state index contributed by atoms with van der Waals surface area (Å²) < 4.78 is 5.44. The number of hydrogen-bond acceptors (Lipinski definition) is 7. The van der Waals surface area contributed by atoms with Crippen LogP contribution in [0.1, 0.15) is 130 Å². The number of ether oxygens (including phenoxy) is 1. The first kappa shape index (κ1) is 42.8. The number of imidazole rings is 1. The Balaban J connectivity index is 1.88. The van der Waals surface area contributed by atoms with Crippen LogP contribution in [0.5, 0.6) is 0 Å². The van der Waals surface area contributed by atoms with E-state index >= 15 is 0 Å². The van der Waals surface area contributed by atoms with Crippen molar-refractivity contribution < 1.29 is 23.9 Å². The number of hydrogen-bond donors (Lipinski definition) is 4. The molecule has 1 fully saturated rings. The molecule has 2 rings (SSSR count). The zero-order valence-electron chi connectivity index (χ0n) is 31.9. The van der Waals surface area contributed by atoms with E-state index in [1.54, 1.807) is 27.0 Å². The third kappa shape index (κ3) is 18.5. The fourth-order valence-electron chi connectivity index (χ4n) is 6.08. The summed E-state index contributed by atoms with van der Waals surface area (Å²) in [6, 6.07) is -2.18. The standard InChI is InChI=1S/C38H67N7O5/c1-7-8-9-10-11-12-13-14-15-16-17-18-19-20-21-22-34(46)42-31-26-33(35(47)40-23-24-44(5)6)45(28-31)36(48)32(25-30-27-39-29-41-30)43-37(49)50-38(2,3)4/h14-15,27,29,31-33H,7-13,16-26,28H2,1-6H3,(H,39,41)(H,40,47)(H,42,46)(H,43,49)/b15-14-/t31-,32?,33-/m0/s1. The minimum atomic E-state index is -1.01. The number of carbonyl (C=O) groups excluding carboxylic acids is 4. The van der Waals surface area contributed by atoms with Crippen molar-refractivity contribution in [2.45, 2.75) is 154 Å². The third-order valence-corrected chi connectivity index (χ3v) is 8.74. The van der Waals surface area contributed by atoms with Gasteiger partial charge in [-0.1, -0.05) is 70.4 Å². The molecule has 0 spiro atoms. The van der Waals surface area contributed by atoms with Gasteiger partial charge in [-0.05, 0) is 73.4 Å². The van der Waals surface area contributed by atoms with Gasteiger partial charge in [0.15, 0.2) is 0 Å². The van der Waals surface area contributed by atoms with Crippen LogP contribution in [-0.4, -0.2) is 101 Å². The summed E-state index contributed by atoms with van der Waals surface area (Å²) in [5.41, 5.74) is -0.108. The quantitative estimate of drug-likeness (QED) is 0.0805. The Morgan fingerprint density at radius 1 is 1.00 bits per heavy atom. The minimum Gasteiger partial charge on any atom is -0.444 e. The normalized spacial score (nSPS) is 16.9. The van der Waals surface area contributed by atoms with Crippen LogP contribution in [0.4, 0.5) is 4.79 Å². The van der Waals surface area contributed by atoms with Crippen molar-refractivity contribution in [3.8, 4) is 0 Å². The highest BCUT2D eigenvalue weighted by molar-refractivity contribution is 5.92. The smallest absolute Gasteiger partial charge is 0.408 e. The van der Waals surface area contributed by atoms with Crippen LogP contribution in [-0.2, 0) is 25.5 Å². The van der Waals surface area contributed by atoms with Crippen molar-refractivity contribution in [2.24, 2.45) is 0 Å². The zero-order valence-corrected chi connectivity index (χ0v) is 31.9. The molecular weight excluding hydrogens is 634 g/mol. The lowest BCUT2D eigenvalue weighted by molar-refractivity contribution is -0.140. The van der Waals surface area contributed by atoms with Gasteiger partial charge in [0, 0.05) is 50.4 Å². The van der Waals surface area contributed by atoms with Crippen LogP contribution in [0.2, 0.25) is 0 Å². The van der Waals surface area contributed by atoms with Gasteiger partial charge in [-0.15, -0.1) is 0 Å². The first-order valence-electron chi connectivity index (χ1n) is 19.0. The molecule has 50 heavy (non-hydrogen) atoms. The number of likely N-dealkylation sites (tertiary alicyclic amines) is 1. The van der Waals surface area contributed by atoms with Crippen molar-refractivity contribution in [3.05, 3.63) is 30.4 Å². The Kier molecular flexibility index (Phi) is 20.4. The molecule has 4 amide bonds. The molecule has 1 aliphatic rings. The predicted octanol–water partition coefficient (Wildman–Crippen LogP) is 5.65. The van der Waals surface area contributed by atoms with E-state index in [0.717, 1.165) is 32.1 Å². The van der Waals surface area contributed by atoms with E-state index in [4.69, 9.17) is 4.74 Å². The molecule has 1 saturated heterocycles. The van der Waals surface area contributed by atoms with Crippen molar-refractivity contribution in [3.63, 3.8) is 0 Å². The molecule has 0 aliphatic carbocycles. The lowest BCUT2D eigenvalue weighted by Crippen LogP contribution is -2.55. The highest BCUT2D eigenvalue weighted by Gasteiger charge is 2.42. The average molecular weight is 702 g/mol. The first-order chi connectivity index (χ1) is 23.9. The molecular formula is C38H67N7O5. The van der Waals surface area contributed by atoms with Gasteiger partial charge < -0.3 is 35.5 Å². The molecule has 1 aromatic rings. The molecule has 4 N–H and O–H groups in total. The molecule has 284 valence electrons.